The normalized spacial score (nSPS) is 14.4. The summed E-state index contributed by atoms with van der Waals surface area (Å²) in [6.45, 7) is 8.70. The lowest BCUT2D eigenvalue weighted by molar-refractivity contribution is 0.487. The molecule has 304 valence electrons. The average Bonchev–Trinajstić information content (AvgIpc) is 3.55. The van der Waals surface area contributed by atoms with Gasteiger partial charge in [0.05, 0.1) is 29.1 Å². The van der Waals surface area contributed by atoms with Crippen LogP contribution in [-0.4, -0.2) is 0 Å². The van der Waals surface area contributed by atoms with Crippen molar-refractivity contribution < 1.29 is 0 Å². The first-order valence-corrected chi connectivity index (χ1v) is 21.8. The number of nitriles is 2. The van der Waals surface area contributed by atoms with Gasteiger partial charge >= 0.3 is 0 Å². The van der Waals surface area contributed by atoms with Gasteiger partial charge in [0, 0.05) is 44.9 Å². The standard InChI is InChI=1S/C58H52N4/c1-5-6-7-20-33-58(4)54-32-30-44(37-53(54)52-31-29-42(2)35-55(52)58)47(41-60)36-46-39-56(61(48-21-12-8-13-22-48)49-23-14-9-15-24-49)45(34-43(3)40-59)38-57(46)62(50-25-16-10-17-26-50)51-27-18-11-19-28-51/h8-19,21-32,34-39H,5-7,20,33H2,1-4H3/b43-34-,47-36+. The van der Waals surface area contributed by atoms with Gasteiger partial charge in [0.25, 0.3) is 0 Å². The van der Waals surface area contributed by atoms with Crippen molar-refractivity contribution in [3.05, 3.63) is 209 Å². The Bertz CT molecular complexity index is 2750. The molecule has 0 spiro atoms. The second-order valence-electron chi connectivity index (χ2n) is 16.5. The molecule has 4 heteroatoms. The highest BCUT2D eigenvalue weighted by Crippen LogP contribution is 2.52. The summed E-state index contributed by atoms with van der Waals surface area (Å²) in [4.78, 5) is 4.47. The van der Waals surface area contributed by atoms with Crippen LogP contribution in [0.3, 0.4) is 0 Å². The van der Waals surface area contributed by atoms with Crippen LogP contribution in [0.25, 0.3) is 28.9 Å². The number of unbranched alkanes of at least 4 members (excludes halogenated alkanes) is 3. The van der Waals surface area contributed by atoms with Crippen molar-refractivity contribution in [3.8, 4) is 23.3 Å². The highest BCUT2D eigenvalue weighted by atomic mass is 15.2. The van der Waals surface area contributed by atoms with E-state index in [1.165, 1.54) is 53.5 Å². The lowest BCUT2D eigenvalue weighted by Gasteiger charge is -2.31. The number of aryl methyl sites for hydroxylation is 1. The van der Waals surface area contributed by atoms with Crippen LogP contribution in [0.1, 0.15) is 86.3 Å². The van der Waals surface area contributed by atoms with Gasteiger partial charge in [-0.25, -0.2) is 0 Å². The van der Waals surface area contributed by atoms with Crippen molar-refractivity contribution >= 4 is 51.8 Å². The van der Waals surface area contributed by atoms with E-state index in [1.54, 1.807) is 0 Å². The van der Waals surface area contributed by atoms with Gasteiger partial charge in [0.2, 0.25) is 0 Å². The van der Waals surface area contributed by atoms with Crippen LogP contribution in [0.15, 0.2) is 175 Å². The van der Waals surface area contributed by atoms with Gasteiger partial charge in [-0.15, -0.1) is 0 Å². The Morgan fingerprint density at radius 3 is 1.55 bits per heavy atom. The van der Waals surface area contributed by atoms with Gasteiger partial charge in [-0.3, -0.25) is 0 Å². The smallest absolute Gasteiger partial charge is 0.0998 e. The first-order valence-electron chi connectivity index (χ1n) is 21.8. The number of fused-ring (bicyclic) bond motifs is 3. The van der Waals surface area contributed by atoms with Gasteiger partial charge < -0.3 is 9.80 Å². The molecule has 1 aliphatic carbocycles. The molecule has 7 aromatic carbocycles. The van der Waals surface area contributed by atoms with Crippen LogP contribution in [0, 0.1) is 29.6 Å². The van der Waals surface area contributed by atoms with E-state index in [0.717, 1.165) is 57.2 Å². The number of para-hydroxylation sites is 4. The fourth-order valence-corrected chi connectivity index (χ4v) is 9.08. The summed E-state index contributed by atoms with van der Waals surface area (Å²) in [7, 11) is 0. The maximum Gasteiger partial charge on any atom is 0.0998 e. The molecule has 1 atom stereocenters. The quantitative estimate of drug-likeness (QED) is 0.0624. The van der Waals surface area contributed by atoms with Crippen molar-refractivity contribution in [1.29, 1.82) is 10.5 Å². The molecule has 0 aromatic heterocycles. The summed E-state index contributed by atoms with van der Waals surface area (Å²) in [5.41, 5.74) is 15.7. The number of nitrogens with zero attached hydrogens (tertiary/aromatic N) is 4. The molecule has 0 saturated heterocycles. The predicted octanol–water partition coefficient (Wildman–Crippen LogP) is 16.2. The molecule has 1 aliphatic rings. The highest BCUT2D eigenvalue weighted by Gasteiger charge is 2.39. The van der Waals surface area contributed by atoms with Gasteiger partial charge in [0.15, 0.2) is 0 Å². The summed E-state index contributed by atoms with van der Waals surface area (Å²) in [5, 5.41) is 21.4. The van der Waals surface area contributed by atoms with Crippen LogP contribution in [0.2, 0.25) is 0 Å². The van der Waals surface area contributed by atoms with E-state index in [0.29, 0.717) is 11.1 Å². The Morgan fingerprint density at radius 1 is 0.548 bits per heavy atom. The topological polar surface area (TPSA) is 54.1 Å². The third-order valence-corrected chi connectivity index (χ3v) is 12.2. The third-order valence-electron chi connectivity index (χ3n) is 12.2. The Kier molecular flexibility index (Phi) is 12.3. The van der Waals surface area contributed by atoms with Crippen molar-refractivity contribution in [1.82, 2.24) is 0 Å². The maximum atomic E-state index is 11.2. The first kappa shape index (κ1) is 41.3. The number of anilines is 6. The molecule has 62 heavy (non-hydrogen) atoms. The number of rotatable bonds is 14. The molecule has 0 heterocycles. The highest BCUT2D eigenvalue weighted by molar-refractivity contribution is 5.98. The van der Waals surface area contributed by atoms with Gasteiger partial charge in [-0.1, -0.05) is 148 Å². The van der Waals surface area contributed by atoms with Crippen molar-refractivity contribution in [2.75, 3.05) is 9.80 Å². The summed E-state index contributed by atoms with van der Waals surface area (Å²) in [5.74, 6) is 0. The zero-order chi connectivity index (χ0) is 43.1. The second kappa shape index (κ2) is 18.5. The van der Waals surface area contributed by atoms with E-state index in [1.807, 2.05) is 91.9 Å². The number of benzene rings is 7. The minimum Gasteiger partial charge on any atom is -0.310 e. The monoisotopic (exact) mass is 804 g/mol. The Labute approximate surface area is 368 Å². The minimum absolute atomic E-state index is 0.101. The Morgan fingerprint density at radius 2 is 1.06 bits per heavy atom. The van der Waals surface area contributed by atoms with Gasteiger partial charge in [-0.2, -0.15) is 10.5 Å². The lowest BCUT2D eigenvalue weighted by atomic mass is 9.75. The first-order chi connectivity index (χ1) is 30.3. The van der Waals surface area contributed by atoms with Crippen molar-refractivity contribution in [3.63, 3.8) is 0 Å². The maximum absolute atomic E-state index is 11.2. The van der Waals surface area contributed by atoms with Crippen LogP contribution in [-0.2, 0) is 5.41 Å². The summed E-state index contributed by atoms with van der Waals surface area (Å²) >= 11 is 0. The van der Waals surface area contributed by atoms with E-state index >= 15 is 0 Å². The second-order valence-corrected chi connectivity index (χ2v) is 16.5. The average molecular weight is 805 g/mol. The molecule has 1 unspecified atom stereocenters. The zero-order valence-electron chi connectivity index (χ0n) is 36.1. The molecule has 8 rings (SSSR count). The Hall–Kier alpha value is -7.40. The largest absolute Gasteiger partial charge is 0.310 e. The van der Waals surface area contributed by atoms with Crippen LogP contribution < -0.4 is 9.80 Å². The molecule has 0 aliphatic heterocycles. The van der Waals surface area contributed by atoms with E-state index in [9.17, 15) is 10.5 Å². The SMILES string of the molecule is CCCCCCC1(C)c2ccc(/C(C#N)=C/c3cc(N(c4ccccc4)c4ccccc4)c(/C=C(/C)C#N)cc3N(c3ccccc3)c3ccccc3)cc2-c2ccc(C)cc21. The molecule has 0 amide bonds. The summed E-state index contributed by atoms with van der Waals surface area (Å²) in [6.07, 6.45) is 9.96. The van der Waals surface area contributed by atoms with Crippen molar-refractivity contribution in [2.24, 2.45) is 0 Å². The molecule has 0 fully saturated rings. The van der Waals surface area contributed by atoms with E-state index in [-0.39, 0.29) is 5.41 Å². The Balaban J connectivity index is 1.39. The van der Waals surface area contributed by atoms with Crippen molar-refractivity contribution in [2.45, 2.75) is 65.2 Å². The van der Waals surface area contributed by atoms with E-state index < -0.39 is 0 Å². The molecular weight excluding hydrogens is 753 g/mol. The summed E-state index contributed by atoms with van der Waals surface area (Å²) in [6, 6.07) is 64.2. The van der Waals surface area contributed by atoms with Crippen LogP contribution in [0.5, 0.6) is 0 Å². The third kappa shape index (κ3) is 8.34. The molecule has 7 aromatic rings. The number of hydrogen-bond donors (Lipinski definition) is 0. The van der Waals surface area contributed by atoms with E-state index in [2.05, 4.69) is 140 Å². The molecular formula is C58H52N4. The van der Waals surface area contributed by atoms with Gasteiger partial charge in [-0.05, 0) is 127 Å². The van der Waals surface area contributed by atoms with Crippen LogP contribution in [0.4, 0.5) is 34.1 Å². The predicted molar refractivity (Wildman–Crippen MR) is 260 cm³/mol. The molecule has 0 saturated carbocycles. The molecule has 4 nitrogen and oxygen atoms in total. The zero-order valence-corrected chi connectivity index (χ0v) is 36.1. The molecule has 0 radical (unpaired) electrons. The fourth-order valence-electron chi connectivity index (χ4n) is 9.08. The minimum atomic E-state index is -0.101. The molecule has 0 bridgehead atoms. The number of allylic oxidation sites excluding steroid dienone is 2. The van der Waals surface area contributed by atoms with Crippen LogP contribution >= 0.6 is 0 Å². The lowest BCUT2D eigenvalue weighted by Crippen LogP contribution is -2.20. The number of hydrogen-bond acceptors (Lipinski definition) is 4. The molecule has 0 N–H and O–H groups in total. The van der Waals surface area contributed by atoms with E-state index in [4.69, 9.17) is 0 Å². The fraction of sp³-hybridized carbons (Fsp3) is 0.172. The summed E-state index contributed by atoms with van der Waals surface area (Å²) < 4.78 is 0. The van der Waals surface area contributed by atoms with Gasteiger partial charge in [0.1, 0.15) is 0 Å².